The van der Waals surface area contributed by atoms with Crippen molar-refractivity contribution in [3.05, 3.63) is 35.7 Å². The zero-order valence-electron chi connectivity index (χ0n) is 11.8. The van der Waals surface area contributed by atoms with Crippen LogP contribution in [0.25, 0.3) is 0 Å². The molecule has 0 fully saturated rings. The van der Waals surface area contributed by atoms with Crippen molar-refractivity contribution >= 4 is 29.0 Å². The van der Waals surface area contributed by atoms with Crippen LogP contribution < -0.4 is 11.1 Å². The Kier molecular flexibility index (Phi) is 4.34. The lowest BCUT2D eigenvalue weighted by molar-refractivity contribution is -0.113. The van der Waals surface area contributed by atoms with E-state index in [9.17, 15) is 4.79 Å². The number of carbonyl (C=O) groups excluding carboxylic acids is 1. The molecule has 3 N–H and O–H groups in total. The van der Waals surface area contributed by atoms with E-state index in [1.807, 2.05) is 45.2 Å². The highest BCUT2D eigenvalue weighted by atomic mass is 32.2. The molecule has 0 bridgehead atoms. The maximum absolute atomic E-state index is 12.0. The van der Waals surface area contributed by atoms with Gasteiger partial charge in [0.1, 0.15) is 0 Å². The number of thioether (sulfide) groups is 1. The van der Waals surface area contributed by atoms with Gasteiger partial charge in [-0.1, -0.05) is 0 Å². The van der Waals surface area contributed by atoms with Gasteiger partial charge in [0.2, 0.25) is 5.91 Å². The van der Waals surface area contributed by atoms with Gasteiger partial charge in [0.15, 0.2) is 0 Å². The topological polar surface area (TPSA) is 72.9 Å². The second kappa shape index (κ2) is 6.00. The minimum Gasteiger partial charge on any atom is -0.399 e. The summed E-state index contributed by atoms with van der Waals surface area (Å²) in [6, 6.07) is 7.48. The SMILES string of the molecule is Cc1nn(C)c(C)c1NC(=O)CSc1ccc(N)cc1. The van der Waals surface area contributed by atoms with E-state index in [0.29, 0.717) is 5.75 Å². The highest BCUT2D eigenvalue weighted by molar-refractivity contribution is 8.00. The monoisotopic (exact) mass is 290 g/mol. The van der Waals surface area contributed by atoms with Crippen LogP contribution in [0, 0.1) is 13.8 Å². The number of hydrogen-bond acceptors (Lipinski definition) is 4. The number of aromatic nitrogens is 2. The molecule has 1 heterocycles. The van der Waals surface area contributed by atoms with E-state index in [-0.39, 0.29) is 5.91 Å². The lowest BCUT2D eigenvalue weighted by atomic mass is 10.3. The van der Waals surface area contributed by atoms with Gasteiger partial charge in [-0.2, -0.15) is 5.10 Å². The van der Waals surface area contributed by atoms with E-state index in [1.165, 1.54) is 11.8 Å². The summed E-state index contributed by atoms with van der Waals surface area (Å²) < 4.78 is 1.76. The number of nitrogens with zero attached hydrogens (tertiary/aromatic N) is 2. The number of nitrogens with two attached hydrogens (primary N) is 1. The number of rotatable bonds is 4. The van der Waals surface area contributed by atoms with Crippen molar-refractivity contribution in [1.82, 2.24) is 9.78 Å². The van der Waals surface area contributed by atoms with E-state index < -0.39 is 0 Å². The fourth-order valence-electron chi connectivity index (χ4n) is 1.84. The van der Waals surface area contributed by atoms with Crippen molar-refractivity contribution < 1.29 is 4.79 Å². The lowest BCUT2D eigenvalue weighted by Gasteiger charge is -2.06. The molecule has 2 aromatic rings. The van der Waals surface area contributed by atoms with Crippen LogP contribution in [0.2, 0.25) is 0 Å². The third kappa shape index (κ3) is 3.33. The average molecular weight is 290 g/mol. The fraction of sp³-hybridized carbons (Fsp3) is 0.286. The highest BCUT2D eigenvalue weighted by Gasteiger charge is 2.12. The van der Waals surface area contributed by atoms with E-state index in [4.69, 9.17) is 5.73 Å². The summed E-state index contributed by atoms with van der Waals surface area (Å²) in [6.07, 6.45) is 0. The van der Waals surface area contributed by atoms with Gasteiger partial charge in [-0.15, -0.1) is 11.8 Å². The van der Waals surface area contributed by atoms with Crippen LogP contribution in [0.4, 0.5) is 11.4 Å². The van der Waals surface area contributed by atoms with Gasteiger partial charge < -0.3 is 11.1 Å². The standard InChI is InChI=1S/C14H18N4OS/c1-9-14(10(2)18(3)17-9)16-13(19)8-20-12-6-4-11(15)5-7-12/h4-7H,8,15H2,1-3H3,(H,16,19). The van der Waals surface area contributed by atoms with Gasteiger partial charge in [0.25, 0.3) is 0 Å². The summed E-state index contributed by atoms with van der Waals surface area (Å²) in [6.45, 7) is 3.82. The lowest BCUT2D eigenvalue weighted by Crippen LogP contribution is -2.15. The van der Waals surface area contributed by atoms with Crippen molar-refractivity contribution in [2.45, 2.75) is 18.7 Å². The number of carbonyl (C=O) groups is 1. The first-order valence-corrected chi connectivity index (χ1v) is 7.24. The molecular formula is C14H18N4OS. The predicted octanol–water partition coefficient (Wildman–Crippen LogP) is 2.35. The minimum absolute atomic E-state index is 0.0361. The van der Waals surface area contributed by atoms with Crippen molar-refractivity contribution in [1.29, 1.82) is 0 Å². The molecule has 0 radical (unpaired) electrons. The molecule has 1 aromatic heterocycles. The van der Waals surface area contributed by atoms with Crippen LogP contribution in [-0.2, 0) is 11.8 Å². The van der Waals surface area contributed by atoms with Gasteiger partial charge in [0.05, 0.1) is 22.8 Å². The Balaban J connectivity index is 1.94. The van der Waals surface area contributed by atoms with Crippen molar-refractivity contribution in [3.8, 4) is 0 Å². The van der Waals surface area contributed by atoms with Crippen LogP contribution in [0.15, 0.2) is 29.2 Å². The molecule has 0 saturated heterocycles. The van der Waals surface area contributed by atoms with Gasteiger partial charge in [-0.05, 0) is 38.1 Å². The molecule has 0 unspecified atom stereocenters. The van der Waals surface area contributed by atoms with Gasteiger partial charge in [-0.3, -0.25) is 9.48 Å². The smallest absolute Gasteiger partial charge is 0.234 e. The quantitative estimate of drug-likeness (QED) is 0.669. The highest BCUT2D eigenvalue weighted by Crippen LogP contribution is 2.21. The number of nitrogens with one attached hydrogen (secondary N) is 1. The summed E-state index contributed by atoms with van der Waals surface area (Å²) in [7, 11) is 1.86. The number of amides is 1. The van der Waals surface area contributed by atoms with Gasteiger partial charge >= 0.3 is 0 Å². The largest absolute Gasteiger partial charge is 0.399 e. The molecule has 0 aliphatic rings. The van der Waals surface area contributed by atoms with Crippen molar-refractivity contribution in [2.24, 2.45) is 7.05 Å². The zero-order chi connectivity index (χ0) is 14.7. The minimum atomic E-state index is -0.0361. The third-order valence-corrected chi connectivity index (χ3v) is 4.04. The molecule has 0 atom stereocenters. The molecule has 0 aliphatic carbocycles. The second-order valence-electron chi connectivity index (χ2n) is 4.58. The molecule has 6 heteroatoms. The maximum Gasteiger partial charge on any atom is 0.234 e. The molecule has 5 nitrogen and oxygen atoms in total. The molecule has 0 aliphatic heterocycles. The maximum atomic E-state index is 12.0. The van der Waals surface area contributed by atoms with Crippen molar-refractivity contribution in [2.75, 3.05) is 16.8 Å². The molecule has 2 rings (SSSR count). The summed E-state index contributed by atoms with van der Waals surface area (Å²) in [5, 5.41) is 7.19. The first-order valence-electron chi connectivity index (χ1n) is 6.25. The third-order valence-electron chi connectivity index (χ3n) is 3.02. The van der Waals surface area contributed by atoms with Crippen LogP contribution >= 0.6 is 11.8 Å². The summed E-state index contributed by atoms with van der Waals surface area (Å²) in [5.41, 5.74) is 8.93. The average Bonchev–Trinajstić information content (AvgIpc) is 2.65. The van der Waals surface area contributed by atoms with Crippen LogP contribution in [0.5, 0.6) is 0 Å². The Hall–Kier alpha value is -1.95. The Morgan fingerprint density at radius 1 is 1.35 bits per heavy atom. The van der Waals surface area contributed by atoms with Crippen LogP contribution in [-0.4, -0.2) is 21.4 Å². The number of nitrogen functional groups attached to an aromatic ring is 1. The van der Waals surface area contributed by atoms with Gasteiger partial charge in [0, 0.05) is 17.6 Å². The number of aryl methyl sites for hydroxylation is 2. The molecular weight excluding hydrogens is 272 g/mol. The van der Waals surface area contributed by atoms with Crippen LogP contribution in [0.3, 0.4) is 0 Å². The van der Waals surface area contributed by atoms with Crippen LogP contribution in [0.1, 0.15) is 11.4 Å². The normalized spacial score (nSPS) is 10.6. The molecule has 0 spiro atoms. The fourth-order valence-corrected chi connectivity index (χ4v) is 2.54. The summed E-state index contributed by atoms with van der Waals surface area (Å²) in [4.78, 5) is 13.0. The number of anilines is 2. The molecule has 1 amide bonds. The van der Waals surface area contributed by atoms with E-state index >= 15 is 0 Å². The molecule has 20 heavy (non-hydrogen) atoms. The number of hydrogen-bond donors (Lipinski definition) is 2. The first-order chi connectivity index (χ1) is 9.47. The molecule has 0 saturated carbocycles. The molecule has 1 aromatic carbocycles. The summed E-state index contributed by atoms with van der Waals surface area (Å²) >= 11 is 1.48. The Labute approximate surface area is 122 Å². The Bertz CT molecular complexity index is 619. The van der Waals surface area contributed by atoms with E-state index in [1.54, 1.807) is 4.68 Å². The zero-order valence-corrected chi connectivity index (χ0v) is 12.6. The van der Waals surface area contributed by atoms with Crippen molar-refractivity contribution in [3.63, 3.8) is 0 Å². The number of benzene rings is 1. The first kappa shape index (κ1) is 14.5. The Morgan fingerprint density at radius 3 is 2.55 bits per heavy atom. The van der Waals surface area contributed by atoms with E-state index in [2.05, 4.69) is 10.4 Å². The second-order valence-corrected chi connectivity index (χ2v) is 5.62. The molecule has 106 valence electrons. The summed E-state index contributed by atoms with van der Waals surface area (Å²) in [5.74, 6) is 0.323. The van der Waals surface area contributed by atoms with Gasteiger partial charge in [-0.25, -0.2) is 0 Å². The Morgan fingerprint density at radius 2 is 2.00 bits per heavy atom. The van der Waals surface area contributed by atoms with E-state index in [0.717, 1.165) is 27.7 Å². The predicted molar refractivity (Wildman–Crippen MR) is 82.9 cm³/mol.